The van der Waals surface area contributed by atoms with Gasteiger partial charge < -0.3 is 10.4 Å². The molecule has 0 radical (unpaired) electrons. The number of phenolic OH excluding ortho intramolecular Hbond substituents is 1. The summed E-state index contributed by atoms with van der Waals surface area (Å²) in [7, 11) is 0. The van der Waals surface area contributed by atoms with Crippen LogP contribution in [-0.2, 0) is 11.3 Å². The van der Waals surface area contributed by atoms with Gasteiger partial charge >= 0.3 is 0 Å². The number of benzene rings is 1. The second kappa shape index (κ2) is 5.24. The molecule has 6 nitrogen and oxygen atoms in total. The first-order valence-corrected chi connectivity index (χ1v) is 5.64. The van der Waals surface area contributed by atoms with Crippen LogP contribution in [0.15, 0.2) is 24.5 Å². The van der Waals surface area contributed by atoms with Gasteiger partial charge in [0.2, 0.25) is 5.91 Å². The molecule has 2 rings (SSSR count). The Hall–Kier alpha value is -1.79. The van der Waals surface area contributed by atoms with Crippen molar-refractivity contribution in [1.29, 1.82) is 0 Å². The highest BCUT2D eigenvalue weighted by Gasteiger charge is 2.11. The zero-order chi connectivity index (χ0) is 13.1. The van der Waals surface area contributed by atoms with Gasteiger partial charge in [-0.2, -0.15) is 0 Å². The van der Waals surface area contributed by atoms with Gasteiger partial charge in [0.1, 0.15) is 6.54 Å². The SMILES string of the molecule is O=C(Cn1ccnn1)Nc1cc(Cl)cc(Cl)c1O. The number of amides is 1. The summed E-state index contributed by atoms with van der Waals surface area (Å²) in [6.45, 7) is -0.0242. The third kappa shape index (κ3) is 2.91. The number of aromatic nitrogens is 3. The van der Waals surface area contributed by atoms with E-state index >= 15 is 0 Å². The van der Waals surface area contributed by atoms with E-state index in [0.29, 0.717) is 5.02 Å². The average Bonchev–Trinajstić information content (AvgIpc) is 2.77. The Morgan fingerprint density at radius 2 is 2.22 bits per heavy atom. The van der Waals surface area contributed by atoms with E-state index in [2.05, 4.69) is 15.6 Å². The maximum Gasteiger partial charge on any atom is 0.246 e. The van der Waals surface area contributed by atoms with E-state index in [1.165, 1.54) is 23.0 Å². The van der Waals surface area contributed by atoms with Crippen LogP contribution in [0.3, 0.4) is 0 Å². The van der Waals surface area contributed by atoms with E-state index in [1.807, 2.05) is 0 Å². The maximum absolute atomic E-state index is 11.7. The first-order valence-electron chi connectivity index (χ1n) is 4.88. The quantitative estimate of drug-likeness (QED) is 0.845. The molecule has 0 saturated heterocycles. The van der Waals surface area contributed by atoms with Gasteiger partial charge in [0, 0.05) is 11.2 Å². The molecule has 94 valence electrons. The van der Waals surface area contributed by atoms with E-state index in [0.717, 1.165) is 0 Å². The molecule has 2 aromatic rings. The largest absolute Gasteiger partial charge is 0.504 e. The van der Waals surface area contributed by atoms with Gasteiger partial charge in [-0.1, -0.05) is 28.4 Å². The maximum atomic E-state index is 11.7. The fraction of sp³-hybridized carbons (Fsp3) is 0.100. The van der Waals surface area contributed by atoms with E-state index in [-0.39, 0.29) is 28.9 Å². The van der Waals surface area contributed by atoms with E-state index in [4.69, 9.17) is 23.2 Å². The Bertz CT molecular complexity index is 572. The fourth-order valence-electron chi connectivity index (χ4n) is 1.32. The number of anilines is 1. The number of rotatable bonds is 3. The van der Waals surface area contributed by atoms with E-state index in [1.54, 1.807) is 6.20 Å². The summed E-state index contributed by atoms with van der Waals surface area (Å²) in [6, 6.07) is 2.79. The molecule has 0 aliphatic heterocycles. The van der Waals surface area contributed by atoms with Gasteiger partial charge in [-0.25, -0.2) is 4.68 Å². The van der Waals surface area contributed by atoms with Gasteiger partial charge in [0.25, 0.3) is 0 Å². The lowest BCUT2D eigenvalue weighted by Gasteiger charge is -2.08. The molecule has 0 fully saturated rings. The van der Waals surface area contributed by atoms with Gasteiger partial charge in [-0.3, -0.25) is 4.79 Å². The van der Waals surface area contributed by atoms with Gasteiger partial charge in [-0.15, -0.1) is 5.10 Å². The molecule has 0 aliphatic carbocycles. The van der Waals surface area contributed by atoms with Crippen LogP contribution in [-0.4, -0.2) is 26.0 Å². The van der Waals surface area contributed by atoms with Gasteiger partial charge in [-0.05, 0) is 12.1 Å². The highest BCUT2D eigenvalue weighted by Crippen LogP contribution is 2.34. The predicted molar refractivity (Wildman–Crippen MR) is 66.8 cm³/mol. The molecule has 18 heavy (non-hydrogen) atoms. The lowest BCUT2D eigenvalue weighted by atomic mass is 10.3. The van der Waals surface area contributed by atoms with Crippen LogP contribution in [0.25, 0.3) is 0 Å². The molecule has 8 heteroatoms. The second-order valence-corrected chi connectivity index (χ2v) is 4.28. The van der Waals surface area contributed by atoms with Crippen LogP contribution in [0.2, 0.25) is 10.0 Å². The van der Waals surface area contributed by atoms with Crippen molar-refractivity contribution in [2.75, 3.05) is 5.32 Å². The van der Waals surface area contributed by atoms with Crippen LogP contribution in [0.5, 0.6) is 5.75 Å². The first-order chi connectivity index (χ1) is 8.56. The zero-order valence-electron chi connectivity index (χ0n) is 8.97. The highest BCUT2D eigenvalue weighted by atomic mass is 35.5. The summed E-state index contributed by atoms with van der Waals surface area (Å²) in [5.41, 5.74) is 0.151. The van der Waals surface area contributed by atoms with Crippen LogP contribution in [0, 0.1) is 0 Å². The second-order valence-electron chi connectivity index (χ2n) is 3.43. The molecule has 1 aromatic heterocycles. The minimum atomic E-state index is -0.380. The molecule has 1 heterocycles. The van der Waals surface area contributed by atoms with Crippen molar-refractivity contribution < 1.29 is 9.90 Å². The van der Waals surface area contributed by atoms with Crippen molar-refractivity contribution in [2.24, 2.45) is 0 Å². The fourth-order valence-corrected chi connectivity index (χ4v) is 1.81. The standard InChI is InChI=1S/C10H8Cl2N4O2/c11-6-3-7(12)10(18)8(4-6)14-9(17)5-16-2-1-13-15-16/h1-4,18H,5H2,(H,14,17). The third-order valence-electron chi connectivity index (χ3n) is 2.08. The van der Waals surface area contributed by atoms with Crippen LogP contribution in [0.4, 0.5) is 5.69 Å². The summed E-state index contributed by atoms with van der Waals surface area (Å²) < 4.78 is 1.35. The number of phenols is 1. The number of hydrogen-bond acceptors (Lipinski definition) is 4. The number of nitrogens with zero attached hydrogens (tertiary/aromatic N) is 3. The van der Waals surface area contributed by atoms with Crippen molar-refractivity contribution >= 4 is 34.8 Å². The molecule has 1 amide bonds. The Morgan fingerprint density at radius 1 is 1.44 bits per heavy atom. The number of aromatic hydroxyl groups is 1. The van der Waals surface area contributed by atoms with E-state index < -0.39 is 0 Å². The highest BCUT2D eigenvalue weighted by molar-refractivity contribution is 6.36. The summed E-state index contributed by atoms with van der Waals surface area (Å²) >= 11 is 11.5. The Balaban J connectivity index is 2.12. The lowest BCUT2D eigenvalue weighted by Crippen LogP contribution is -2.19. The minimum Gasteiger partial charge on any atom is -0.504 e. The van der Waals surface area contributed by atoms with Crippen molar-refractivity contribution in [1.82, 2.24) is 15.0 Å². The Labute approximate surface area is 112 Å². The molecule has 1 aromatic carbocycles. The molecule has 0 atom stereocenters. The van der Waals surface area contributed by atoms with Crippen LogP contribution in [0.1, 0.15) is 0 Å². The van der Waals surface area contributed by atoms with E-state index in [9.17, 15) is 9.90 Å². The molecule has 2 N–H and O–H groups in total. The van der Waals surface area contributed by atoms with Crippen LogP contribution < -0.4 is 5.32 Å². The monoisotopic (exact) mass is 286 g/mol. The predicted octanol–water partition coefficient (Wildman–Crippen LogP) is 1.93. The van der Waals surface area contributed by atoms with Gasteiger partial charge in [0.05, 0.1) is 16.9 Å². The summed E-state index contributed by atoms with van der Waals surface area (Å²) in [5, 5.41) is 19.7. The number of hydrogen-bond donors (Lipinski definition) is 2. The molecule has 0 saturated carbocycles. The summed E-state index contributed by atoms with van der Waals surface area (Å²) in [6.07, 6.45) is 3.01. The minimum absolute atomic E-state index is 0.0242. The lowest BCUT2D eigenvalue weighted by molar-refractivity contribution is -0.116. The number of carbonyl (C=O) groups is 1. The first kappa shape index (κ1) is 12.7. The Kier molecular flexibility index (Phi) is 3.69. The molecule has 0 unspecified atom stereocenters. The Morgan fingerprint density at radius 3 is 2.89 bits per heavy atom. The smallest absolute Gasteiger partial charge is 0.246 e. The normalized spacial score (nSPS) is 10.3. The molecule has 0 spiro atoms. The molecular formula is C10H8Cl2N4O2. The number of halogens is 2. The number of carbonyl (C=O) groups excluding carboxylic acids is 1. The summed E-state index contributed by atoms with van der Waals surface area (Å²) in [5.74, 6) is -0.609. The topological polar surface area (TPSA) is 80.0 Å². The third-order valence-corrected chi connectivity index (χ3v) is 2.59. The van der Waals surface area contributed by atoms with Crippen molar-refractivity contribution in [3.05, 3.63) is 34.6 Å². The molecule has 0 aliphatic rings. The van der Waals surface area contributed by atoms with Crippen molar-refractivity contribution in [3.63, 3.8) is 0 Å². The van der Waals surface area contributed by atoms with Crippen molar-refractivity contribution in [3.8, 4) is 5.75 Å². The van der Waals surface area contributed by atoms with Crippen molar-refractivity contribution in [2.45, 2.75) is 6.54 Å². The zero-order valence-corrected chi connectivity index (χ0v) is 10.5. The van der Waals surface area contributed by atoms with Gasteiger partial charge in [0.15, 0.2) is 5.75 Å². The number of nitrogens with one attached hydrogen (secondary N) is 1. The van der Waals surface area contributed by atoms with Crippen LogP contribution >= 0.6 is 23.2 Å². The molecule has 0 bridgehead atoms. The average molecular weight is 287 g/mol. The molecular weight excluding hydrogens is 279 g/mol. The summed E-state index contributed by atoms with van der Waals surface area (Å²) in [4.78, 5) is 11.7.